The number of ether oxygens (including phenoxy) is 1. The Balaban J connectivity index is 1.87. The van der Waals surface area contributed by atoms with Crippen molar-refractivity contribution in [3.63, 3.8) is 0 Å². The van der Waals surface area contributed by atoms with E-state index in [2.05, 4.69) is 10.6 Å². The Hall–Kier alpha value is -1.30. The highest BCUT2D eigenvalue weighted by atomic mass is 35.5. The summed E-state index contributed by atoms with van der Waals surface area (Å²) in [5.41, 5.74) is -0.637. The molecule has 5 nitrogen and oxygen atoms in total. The average Bonchev–Trinajstić information content (AvgIpc) is 2.44. The third-order valence-electron chi connectivity index (χ3n) is 4.08. The van der Waals surface area contributed by atoms with Crippen LogP contribution in [0.4, 0.5) is 4.79 Å². The Morgan fingerprint density at radius 1 is 1.35 bits per heavy atom. The third-order valence-corrected chi connectivity index (χ3v) is 4.41. The quantitative estimate of drug-likeness (QED) is 0.789. The average molecular weight is 341 g/mol. The second-order valence-corrected chi connectivity index (χ2v) is 6.91. The van der Waals surface area contributed by atoms with Crippen LogP contribution in [0.3, 0.4) is 0 Å². The van der Waals surface area contributed by atoms with Gasteiger partial charge in [0.1, 0.15) is 5.60 Å². The Morgan fingerprint density at radius 2 is 1.96 bits per heavy atom. The molecule has 0 saturated carbocycles. The number of amides is 2. The predicted octanol–water partition coefficient (Wildman–Crippen LogP) is 2.80. The first-order chi connectivity index (χ1) is 10.8. The van der Waals surface area contributed by atoms with Gasteiger partial charge in [-0.3, -0.25) is 0 Å². The van der Waals surface area contributed by atoms with Crippen molar-refractivity contribution in [2.75, 3.05) is 6.54 Å². The summed E-state index contributed by atoms with van der Waals surface area (Å²) in [6.07, 6.45) is 1.85. The lowest BCUT2D eigenvalue weighted by Crippen LogP contribution is -2.50. The molecule has 1 saturated heterocycles. The maximum Gasteiger partial charge on any atom is 0.315 e. The van der Waals surface area contributed by atoms with Crippen LogP contribution in [0.15, 0.2) is 24.3 Å². The molecule has 4 atom stereocenters. The van der Waals surface area contributed by atoms with E-state index in [4.69, 9.17) is 16.3 Å². The molecule has 1 aromatic rings. The van der Waals surface area contributed by atoms with Crippen molar-refractivity contribution in [3.8, 4) is 0 Å². The van der Waals surface area contributed by atoms with E-state index in [1.807, 2.05) is 13.8 Å². The van der Waals surface area contributed by atoms with Gasteiger partial charge in [-0.25, -0.2) is 4.79 Å². The highest BCUT2D eigenvalue weighted by Crippen LogP contribution is 2.27. The fourth-order valence-corrected chi connectivity index (χ4v) is 3.34. The van der Waals surface area contributed by atoms with Gasteiger partial charge in [0, 0.05) is 16.6 Å². The van der Waals surface area contributed by atoms with Crippen LogP contribution in [0.2, 0.25) is 5.02 Å². The molecule has 0 aliphatic carbocycles. The number of hydrogen-bond donors (Lipinski definition) is 3. The summed E-state index contributed by atoms with van der Waals surface area (Å²) in [5.74, 6) is 0. The van der Waals surface area contributed by atoms with Crippen LogP contribution >= 0.6 is 11.6 Å². The summed E-state index contributed by atoms with van der Waals surface area (Å²) >= 11 is 6.11. The van der Waals surface area contributed by atoms with Gasteiger partial charge in [-0.1, -0.05) is 29.8 Å². The number of rotatable bonds is 4. The van der Waals surface area contributed by atoms with Crippen molar-refractivity contribution in [1.29, 1.82) is 0 Å². The van der Waals surface area contributed by atoms with Crippen molar-refractivity contribution in [2.24, 2.45) is 0 Å². The van der Waals surface area contributed by atoms with Gasteiger partial charge in [0.25, 0.3) is 0 Å². The second-order valence-electron chi connectivity index (χ2n) is 6.51. The molecular formula is C17H25ClN2O3. The molecule has 6 heteroatoms. The summed E-state index contributed by atoms with van der Waals surface area (Å²) in [5, 5.41) is 16.7. The summed E-state index contributed by atoms with van der Waals surface area (Å²) in [7, 11) is 0. The molecule has 1 fully saturated rings. The van der Waals surface area contributed by atoms with Crippen molar-refractivity contribution in [3.05, 3.63) is 34.9 Å². The van der Waals surface area contributed by atoms with Crippen LogP contribution in [-0.4, -0.2) is 35.9 Å². The Labute approximate surface area is 142 Å². The van der Waals surface area contributed by atoms with Gasteiger partial charge in [0.05, 0.1) is 18.8 Å². The number of carbonyl (C=O) groups is 1. The maximum absolute atomic E-state index is 12.1. The van der Waals surface area contributed by atoms with E-state index < -0.39 is 5.60 Å². The first-order valence-corrected chi connectivity index (χ1v) is 8.33. The van der Waals surface area contributed by atoms with Crippen molar-refractivity contribution >= 4 is 17.6 Å². The van der Waals surface area contributed by atoms with E-state index in [-0.39, 0.29) is 30.8 Å². The number of urea groups is 1. The topological polar surface area (TPSA) is 70.6 Å². The molecule has 2 amide bonds. The third kappa shape index (κ3) is 5.09. The predicted molar refractivity (Wildman–Crippen MR) is 90.6 cm³/mol. The van der Waals surface area contributed by atoms with Crippen LogP contribution in [0.5, 0.6) is 0 Å². The Kier molecular flexibility index (Phi) is 5.89. The van der Waals surface area contributed by atoms with Crippen LogP contribution < -0.4 is 10.6 Å². The summed E-state index contributed by atoms with van der Waals surface area (Å²) in [4.78, 5) is 12.1. The highest BCUT2D eigenvalue weighted by Gasteiger charge is 2.28. The lowest BCUT2D eigenvalue weighted by Gasteiger charge is -2.33. The number of carbonyl (C=O) groups excluding carboxylic acids is 1. The fraction of sp³-hybridized carbons (Fsp3) is 0.588. The van der Waals surface area contributed by atoms with Gasteiger partial charge in [-0.15, -0.1) is 0 Å². The minimum Gasteiger partial charge on any atom is -0.384 e. The monoisotopic (exact) mass is 340 g/mol. The first kappa shape index (κ1) is 18.0. The molecule has 0 radical (unpaired) electrons. The van der Waals surface area contributed by atoms with Gasteiger partial charge in [-0.2, -0.15) is 0 Å². The summed E-state index contributed by atoms with van der Waals surface area (Å²) < 4.78 is 5.66. The largest absolute Gasteiger partial charge is 0.384 e. The van der Waals surface area contributed by atoms with Gasteiger partial charge < -0.3 is 20.5 Å². The number of benzene rings is 1. The van der Waals surface area contributed by atoms with Crippen molar-refractivity contribution in [2.45, 2.75) is 57.5 Å². The van der Waals surface area contributed by atoms with Gasteiger partial charge >= 0.3 is 6.03 Å². The van der Waals surface area contributed by atoms with Gasteiger partial charge in [0.2, 0.25) is 0 Å². The zero-order valence-electron chi connectivity index (χ0n) is 13.8. The molecule has 0 spiro atoms. The lowest BCUT2D eigenvalue weighted by atomic mass is 9.96. The highest BCUT2D eigenvalue weighted by molar-refractivity contribution is 6.31. The smallest absolute Gasteiger partial charge is 0.315 e. The zero-order chi connectivity index (χ0) is 17.0. The number of hydrogen-bond acceptors (Lipinski definition) is 3. The minimum absolute atomic E-state index is 0.0803. The molecule has 3 N–H and O–H groups in total. The zero-order valence-corrected chi connectivity index (χ0v) is 14.6. The SMILES string of the molecule is C[C@@H]1CC(NC(=O)NC[C@](C)(O)c2ccccc2Cl)C[C@H](C)O1. The number of nitrogens with one attached hydrogen (secondary N) is 2. The van der Waals surface area contributed by atoms with Crippen LogP contribution in [-0.2, 0) is 10.3 Å². The van der Waals surface area contributed by atoms with E-state index in [9.17, 15) is 9.90 Å². The fourth-order valence-electron chi connectivity index (χ4n) is 3.01. The molecular weight excluding hydrogens is 316 g/mol. The summed E-state index contributed by atoms with van der Waals surface area (Å²) in [6, 6.07) is 6.87. The molecule has 2 rings (SSSR count). The molecule has 1 heterocycles. The molecule has 1 aromatic carbocycles. The summed E-state index contributed by atoms with van der Waals surface area (Å²) in [6.45, 7) is 5.72. The van der Waals surface area contributed by atoms with Crippen molar-refractivity contribution in [1.82, 2.24) is 10.6 Å². The van der Waals surface area contributed by atoms with E-state index in [0.29, 0.717) is 10.6 Å². The lowest BCUT2D eigenvalue weighted by molar-refractivity contribution is -0.0403. The molecule has 1 aliphatic heterocycles. The molecule has 23 heavy (non-hydrogen) atoms. The molecule has 128 valence electrons. The van der Waals surface area contributed by atoms with E-state index in [1.54, 1.807) is 31.2 Å². The van der Waals surface area contributed by atoms with E-state index >= 15 is 0 Å². The first-order valence-electron chi connectivity index (χ1n) is 7.95. The second kappa shape index (κ2) is 7.51. The number of halogens is 1. The van der Waals surface area contributed by atoms with Gasteiger partial charge in [-0.05, 0) is 39.7 Å². The standard InChI is InChI=1S/C17H25ClN2O3/c1-11-8-13(9-12(2)23-11)20-16(21)19-10-17(3,22)14-6-4-5-7-15(14)18/h4-7,11-13,22H,8-10H2,1-3H3,(H2,19,20,21)/t11-,12+,13?,17-/m0/s1. The van der Waals surface area contributed by atoms with Crippen LogP contribution in [0.25, 0.3) is 0 Å². The molecule has 1 unspecified atom stereocenters. The number of aliphatic hydroxyl groups is 1. The molecule has 0 aromatic heterocycles. The van der Waals surface area contributed by atoms with Crippen LogP contribution in [0.1, 0.15) is 39.2 Å². The van der Waals surface area contributed by atoms with Crippen LogP contribution in [0, 0.1) is 0 Å². The Morgan fingerprint density at radius 3 is 2.57 bits per heavy atom. The van der Waals surface area contributed by atoms with E-state index in [0.717, 1.165) is 12.8 Å². The maximum atomic E-state index is 12.1. The minimum atomic E-state index is -1.23. The van der Waals surface area contributed by atoms with Crippen molar-refractivity contribution < 1.29 is 14.6 Å². The normalized spacial score (nSPS) is 27.1. The van der Waals surface area contributed by atoms with Gasteiger partial charge in [0.15, 0.2) is 0 Å². The Bertz CT molecular complexity index is 540. The molecule has 0 bridgehead atoms. The molecule has 1 aliphatic rings. The van der Waals surface area contributed by atoms with E-state index in [1.165, 1.54) is 0 Å².